The molecule has 0 spiro atoms. The van der Waals surface area contributed by atoms with E-state index >= 15 is 0 Å². The van der Waals surface area contributed by atoms with Crippen LogP contribution in [0.4, 0.5) is 0 Å². The molecule has 0 aliphatic carbocycles. The van der Waals surface area contributed by atoms with Gasteiger partial charge in [0.2, 0.25) is 0 Å². The van der Waals surface area contributed by atoms with Crippen LogP contribution in [0.1, 0.15) is 0 Å². The van der Waals surface area contributed by atoms with E-state index in [0.717, 1.165) is 0 Å². The first kappa shape index (κ1) is 18.6. The summed E-state index contributed by atoms with van der Waals surface area (Å²) in [5.41, 5.74) is 7.53. The third kappa shape index (κ3) is 3.18. The molecule has 32 heavy (non-hydrogen) atoms. The van der Waals surface area contributed by atoms with Crippen LogP contribution in [0.3, 0.4) is 0 Å². The molecule has 0 N–H and O–H groups in total. The monoisotopic (exact) mass is 406 g/mol. The molecular formula is C32H22. The van der Waals surface area contributed by atoms with Crippen molar-refractivity contribution in [2.45, 2.75) is 0 Å². The predicted molar refractivity (Wildman–Crippen MR) is 138 cm³/mol. The highest BCUT2D eigenvalue weighted by molar-refractivity contribution is 6.13. The molecule has 0 bridgehead atoms. The molecule has 0 atom stereocenters. The van der Waals surface area contributed by atoms with Crippen LogP contribution in [0.15, 0.2) is 133 Å². The first-order valence-electron chi connectivity index (χ1n) is 11.0. The maximum Gasteiger partial charge on any atom is -0.00266 e. The first-order valence-corrected chi connectivity index (χ1v) is 11.0. The summed E-state index contributed by atoms with van der Waals surface area (Å²) < 4.78 is 0. The fourth-order valence-corrected chi connectivity index (χ4v) is 4.75. The summed E-state index contributed by atoms with van der Waals surface area (Å²) in [7, 11) is 0. The quantitative estimate of drug-likeness (QED) is 0.257. The normalized spacial score (nSPS) is 11.1. The van der Waals surface area contributed by atoms with E-state index < -0.39 is 0 Å². The molecule has 6 aromatic carbocycles. The zero-order valence-corrected chi connectivity index (χ0v) is 17.7. The summed E-state index contributed by atoms with van der Waals surface area (Å²) >= 11 is 0. The number of hydrogen-bond donors (Lipinski definition) is 0. The fourth-order valence-electron chi connectivity index (χ4n) is 4.75. The first-order chi connectivity index (χ1) is 15.9. The Labute approximate surface area is 188 Å². The summed E-state index contributed by atoms with van der Waals surface area (Å²) in [5, 5.41) is 5.12. The van der Waals surface area contributed by atoms with Crippen LogP contribution >= 0.6 is 0 Å². The molecule has 0 amide bonds. The highest BCUT2D eigenvalue weighted by Crippen LogP contribution is 2.40. The molecule has 6 aromatic rings. The Hall–Kier alpha value is -4.16. The summed E-state index contributed by atoms with van der Waals surface area (Å²) in [5.74, 6) is 0. The van der Waals surface area contributed by atoms with Gasteiger partial charge in [-0.2, -0.15) is 0 Å². The van der Waals surface area contributed by atoms with E-state index in [9.17, 15) is 0 Å². The summed E-state index contributed by atoms with van der Waals surface area (Å²) in [6.07, 6.45) is 0. The van der Waals surface area contributed by atoms with Gasteiger partial charge in [-0.1, -0.05) is 121 Å². The number of fused-ring (bicyclic) bond motifs is 2. The summed E-state index contributed by atoms with van der Waals surface area (Å²) in [6.45, 7) is 0. The molecule has 0 aliphatic rings. The molecular weight excluding hydrogens is 384 g/mol. The van der Waals surface area contributed by atoms with Crippen molar-refractivity contribution in [2.24, 2.45) is 0 Å². The summed E-state index contributed by atoms with van der Waals surface area (Å²) in [4.78, 5) is 0. The Bertz CT molecular complexity index is 1490. The Kier molecular flexibility index (Phi) is 4.55. The lowest BCUT2D eigenvalue weighted by atomic mass is 9.87. The van der Waals surface area contributed by atoms with Crippen molar-refractivity contribution in [3.05, 3.63) is 133 Å². The minimum absolute atomic E-state index is 1.23. The lowest BCUT2D eigenvalue weighted by Gasteiger charge is -2.16. The van der Waals surface area contributed by atoms with Crippen LogP contribution in [0.25, 0.3) is 54.9 Å². The second-order valence-corrected chi connectivity index (χ2v) is 8.19. The van der Waals surface area contributed by atoms with E-state index in [1.165, 1.54) is 54.9 Å². The Morgan fingerprint density at radius 3 is 1.41 bits per heavy atom. The Morgan fingerprint density at radius 2 is 0.812 bits per heavy atom. The zero-order valence-electron chi connectivity index (χ0n) is 17.7. The SMILES string of the molecule is c1ccc(-c2ccc(-c3c4ccccc4cc4ccccc34)cc2-c2ccccc2)cc1. The van der Waals surface area contributed by atoms with Gasteiger partial charge in [-0.25, -0.2) is 0 Å². The fraction of sp³-hybridized carbons (Fsp3) is 0. The van der Waals surface area contributed by atoms with E-state index in [1.807, 2.05) is 0 Å². The average molecular weight is 407 g/mol. The van der Waals surface area contributed by atoms with Gasteiger partial charge in [-0.05, 0) is 67.1 Å². The van der Waals surface area contributed by atoms with Crippen LogP contribution < -0.4 is 0 Å². The van der Waals surface area contributed by atoms with Gasteiger partial charge < -0.3 is 0 Å². The van der Waals surface area contributed by atoms with Gasteiger partial charge >= 0.3 is 0 Å². The molecule has 0 nitrogen and oxygen atoms in total. The molecule has 0 saturated heterocycles. The van der Waals surface area contributed by atoms with Gasteiger partial charge in [0.05, 0.1) is 0 Å². The van der Waals surface area contributed by atoms with E-state index in [1.54, 1.807) is 0 Å². The average Bonchev–Trinajstić information content (AvgIpc) is 2.88. The van der Waals surface area contributed by atoms with Gasteiger partial charge in [-0.15, -0.1) is 0 Å². The summed E-state index contributed by atoms with van der Waals surface area (Å²) in [6, 6.07) is 48.0. The van der Waals surface area contributed by atoms with Crippen molar-refractivity contribution in [1.82, 2.24) is 0 Å². The number of rotatable bonds is 3. The maximum atomic E-state index is 2.37. The third-order valence-electron chi connectivity index (χ3n) is 6.25. The highest BCUT2D eigenvalue weighted by atomic mass is 14.2. The van der Waals surface area contributed by atoms with E-state index in [0.29, 0.717) is 0 Å². The molecule has 0 unspecified atom stereocenters. The van der Waals surface area contributed by atoms with Crippen LogP contribution in [-0.4, -0.2) is 0 Å². The molecule has 0 heteroatoms. The molecule has 0 saturated carbocycles. The van der Waals surface area contributed by atoms with Gasteiger partial charge in [0.1, 0.15) is 0 Å². The van der Waals surface area contributed by atoms with Crippen molar-refractivity contribution in [1.29, 1.82) is 0 Å². The maximum absolute atomic E-state index is 2.37. The highest BCUT2D eigenvalue weighted by Gasteiger charge is 2.14. The topological polar surface area (TPSA) is 0 Å². The lowest BCUT2D eigenvalue weighted by Crippen LogP contribution is -1.90. The molecule has 150 valence electrons. The molecule has 0 fully saturated rings. The zero-order chi connectivity index (χ0) is 21.3. The smallest absolute Gasteiger partial charge is 0.00266 e. The Balaban J connectivity index is 1.68. The van der Waals surface area contributed by atoms with Crippen molar-refractivity contribution < 1.29 is 0 Å². The van der Waals surface area contributed by atoms with Crippen LogP contribution in [-0.2, 0) is 0 Å². The van der Waals surface area contributed by atoms with Gasteiger partial charge in [0.15, 0.2) is 0 Å². The van der Waals surface area contributed by atoms with Gasteiger partial charge in [0, 0.05) is 0 Å². The molecule has 0 heterocycles. The van der Waals surface area contributed by atoms with Gasteiger partial charge in [0.25, 0.3) is 0 Å². The second-order valence-electron chi connectivity index (χ2n) is 8.19. The standard InChI is InChI=1S/C32H22/c1-3-11-23(12-4-1)28-20-19-27(22-31(28)24-13-5-2-6-14-24)32-29-17-9-7-15-25(29)21-26-16-8-10-18-30(26)32/h1-22H. The molecule has 0 aromatic heterocycles. The third-order valence-corrected chi connectivity index (χ3v) is 6.25. The van der Waals surface area contributed by atoms with E-state index in [-0.39, 0.29) is 0 Å². The molecule has 0 aliphatic heterocycles. The van der Waals surface area contributed by atoms with Crippen LogP contribution in [0, 0.1) is 0 Å². The minimum Gasteiger partial charge on any atom is -0.0622 e. The van der Waals surface area contributed by atoms with Crippen molar-refractivity contribution in [2.75, 3.05) is 0 Å². The number of benzene rings is 6. The van der Waals surface area contributed by atoms with Crippen LogP contribution in [0.2, 0.25) is 0 Å². The van der Waals surface area contributed by atoms with Crippen molar-refractivity contribution in [3.63, 3.8) is 0 Å². The van der Waals surface area contributed by atoms with Gasteiger partial charge in [-0.3, -0.25) is 0 Å². The predicted octanol–water partition coefficient (Wildman–Crippen LogP) is 8.99. The van der Waals surface area contributed by atoms with E-state index in [4.69, 9.17) is 0 Å². The van der Waals surface area contributed by atoms with Crippen LogP contribution in [0.5, 0.6) is 0 Å². The minimum atomic E-state index is 1.23. The largest absolute Gasteiger partial charge is 0.0622 e. The number of hydrogen-bond acceptors (Lipinski definition) is 0. The molecule has 6 rings (SSSR count). The second kappa shape index (κ2) is 7.83. The molecule has 0 radical (unpaired) electrons. The van der Waals surface area contributed by atoms with Crippen molar-refractivity contribution >= 4 is 21.5 Å². The van der Waals surface area contributed by atoms with E-state index in [2.05, 4.69) is 133 Å². The lowest BCUT2D eigenvalue weighted by molar-refractivity contribution is 1.58. The Morgan fingerprint density at radius 1 is 0.312 bits per heavy atom. The van der Waals surface area contributed by atoms with Crippen molar-refractivity contribution in [3.8, 4) is 33.4 Å².